The summed E-state index contributed by atoms with van der Waals surface area (Å²) in [5.41, 5.74) is 0.483. The van der Waals surface area contributed by atoms with E-state index >= 15 is 0 Å². The zero-order valence-electron chi connectivity index (χ0n) is 17.9. The van der Waals surface area contributed by atoms with Crippen LogP contribution in [0.2, 0.25) is 0 Å². The second kappa shape index (κ2) is 10.7. The first-order valence-electron chi connectivity index (χ1n) is 10.7. The Bertz CT molecular complexity index is 681. The van der Waals surface area contributed by atoms with Gasteiger partial charge in [0.15, 0.2) is 11.5 Å². The molecule has 7 heteroatoms. The van der Waals surface area contributed by atoms with Crippen molar-refractivity contribution in [3.63, 3.8) is 0 Å². The summed E-state index contributed by atoms with van der Waals surface area (Å²) in [6.07, 6.45) is 4.33. The van der Waals surface area contributed by atoms with Crippen LogP contribution in [0, 0.1) is 5.92 Å². The Kier molecular flexibility index (Phi) is 8.00. The fraction of sp³-hybridized carbons (Fsp3) is 0.682. The lowest BCUT2D eigenvalue weighted by Crippen LogP contribution is -2.48. The molecule has 1 amide bonds. The molecule has 1 aromatic rings. The molecule has 0 spiro atoms. The number of carbonyl (C=O) groups is 1. The van der Waals surface area contributed by atoms with Gasteiger partial charge in [-0.15, -0.1) is 0 Å². The Balaban J connectivity index is 1.63. The lowest BCUT2D eigenvalue weighted by atomic mass is 9.93. The average Bonchev–Trinajstić information content (AvgIpc) is 3.01. The summed E-state index contributed by atoms with van der Waals surface area (Å²) >= 11 is 0. The highest BCUT2D eigenvalue weighted by Crippen LogP contribution is 2.41. The molecule has 0 radical (unpaired) electrons. The SMILES string of the molecule is CCCCN1CC[C@@H](CNC(=O)c2ccc(OC)c3c2OCCCO3)C(OC)C1. The first kappa shape index (κ1) is 21.7. The number of nitrogens with one attached hydrogen (secondary N) is 1. The number of nitrogens with zero attached hydrogens (tertiary/aromatic N) is 1. The molecule has 1 saturated heterocycles. The highest BCUT2D eigenvalue weighted by molar-refractivity contribution is 5.98. The summed E-state index contributed by atoms with van der Waals surface area (Å²) in [6, 6.07) is 3.50. The average molecular weight is 407 g/mol. The standard InChI is InChI=1S/C22H34N2O5/c1-4-5-10-24-11-9-16(19(15-24)27-3)14-23-22(25)17-7-8-18(26-2)21-20(17)28-12-6-13-29-21/h7-8,16,19H,4-6,9-15H2,1-3H3,(H,23,25)/t16-,19?/m0/s1. The van der Waals surface area contributed by atoms with E-state index in [2.05, 4.69) is 17.1 Å². The van der Waals surface area contributed by atoms with Crippen LogP contribution in [0.5, 0.6) is 17.2 Å². The minimum absolute atomic E-state index is 0.133. The quantitative estimate of drug-likeness (QED) is 0.716. The topological polar surface area (TPSA) is 69.3 Å². The van der Waals surface area contributed by atoms with Gasteiger partial charge in [0.1, 0.15) is 0 Å². The normalized spacial score (nSPS) is 22.0. The van der Waals surface area contributed by atoms with Crippen LogP contribution in [0.4, 0.5) is 0 Å². The molecule has 2 aliphatic heterocycles. The minimum Gasteiger partial charge on any atom is -0.493 e. The molecule has 162 valence electrons. The van der Waals surface area contributed by atoms with Gasteiger partial charge in [-0.25, -0.2) is 0 Å². The fourth-order valence-electron chi connectivity index (χ4n) is 4.00. The van der Waals surface area contributed by atoms with Crippen molar-refractivity contribution in [2.24, 2.45) is 5.92 Å². The number of carbonyl (C=O) groups excluding carboxylic acids is 1. The van der Waals surface area contributed by atoms with Crippen LogP contribution in [0.25, 0.3) is 0 Å². The summed E-state index contributed by atoms with van der Waals surface area (Å²) < 4.78 is 22.7. The van der Waals surface area contributed by atoms with Crippen molar-refractivity contribution in [2.45, 2.75) is 38.7 Å². The molecule has 1 aromatic carbocycles. The number of ether oxygens (including phenoxy) is 4. The predicted molar refractivity (Wildman–Crippen MR) is 111 cm³/mol. The number of hydrogen-bond acceptors (Lipinski definition) is 6. The highest BCUT2D eigenvalue weighted by atomic mass is 16.5. The third-order valence-electron chi connectivity index (χ3n) is 5.76. The molecule has 1 fully saturated rings. The Morgan fingerprint density at radius 1 is 1.24 bits per heavy atom. The van der Waals surface area contributed by atoms with Gasteiger partial charge in [0.05, 0.1) is 32.0 Å². The van der Waals surface area contributed by atoms with Crippen molar-refractivity contribution in [1.29, 1.82) is 0 Å². The molecule has 1 unspecified atom stereocenters. The summed E-state index contributed by atoms with van der Waals surface area (Å²) in [5, 5.41) is 3.09. The van der Waals surface area contributed by atoms with Crippen LogP contribution in [0.15, 0.2) is 12.1 Å². The number of likely N-dealkylation sites (tertiary alicyclic amines) is 1. The lowest BCUT2D eigenvalue weighted by Gasteiger charge is -2.37. The molecule has 0 bridgehead atoms. The monoisotopic (exact) mass is 406 g/mol. The number of hydrogen-bond donors (Lipinski definition) is 1. The number of methoxy groups -OCH3 is 2. The molecule has 0 aromatic heterocycles. The van der Waals surface area contributed by atoms with E-state index in [4.69, 9.17) is 18.9 Å². The molecule has 29 heavy (non-hydrogen) atoms. The van der Waals surface area contributed by atoms with E-state index in [9.17, 15) is 4.79 Å². The van der Waals surface area contributed by atoms with E-state index in [0.29, 0.717) is 48.5 Å². The van der Waals surface area contributed by atoms with Crippen molar-refractivity contribution in [3.8, 4) is 17.2 Å². The molecule has 2 heterocycles. The van der Waals surface area contributed by atoms with E-state index in [-0.39, 0.29) is 12.0 Å². The second-order valence-corrected chi connectivity index (χ2v) is 7.71. The van der Waals surface area contributed by atoms with E-state index in [0.717, 1.165) is 32.5 Å². The fourth-order valence-corrected chi connectivity index (χ4v) is 4.00. The Morgan fingerprint density at radius 3 is 2.76 bits per heavy atom. The number of unbranched alkanes of at least 4 members (excludes halogenated alkanes) is 1. The Hall–Kier alpha value is -1.99. The van der Waals surface area contributed by atoms with E-state index in [1.807, 2.05) is 0 Å². The number of amides is 1. The van der Waals surface area contributed by atoms with Crippen molar-refractivity contribution >= 4 is 5.91 Å². The summed E-state index contributed by atoms with van der Waals surface area (Å²) in [6.45, 7) is 6.94. The molecule has 3 rings (SSSR count). The maximum Gasteiger partial charge on any atom is 0.255 e. The van der Waals surface area contributed by atoms with Crippen molar-refractivity contribution < 1.29 is 23.7 Å². The third kappa shape index (κ3) is 5.34. The van der Waals surface area contributed by atoms with Gasteiger partial charge in [0.25, 0.3) is 5.91 Å². The highest BCUT2D eigenvalue weighted by Gasteiger charge is 2.30. The molecule has 2 atom stereocenters. The summed E-state index contributed by atoms with van der Waals surface area (Å²) in [5.74, 6) is 1.71. The third-order valence-corrected chi connectivity index (χ3v) is 5.76. The molecular formula is C22H34N2O5. The van der Waals surface area contributed by atoms with Gasteiger partial charge in [0, 0.05) is 32.5 Å². The van der Waals surface area contributed by atoms with Crippen LogP contribution in [0.1, 0.15) is 43.0 Å². The van der Waals surface area contributed by atoms with Gasteiger partial charge in [0.2, 0.25) is 5.75 Å². The molecule has 1 N–H and O–H groups in total. The summed E-state index contributed by atoms with van der Waals surface area (Å²) in [7, 11) is 3.35. The van der Waals surface area contributed by atoms with E-state index < -0.39 is 0 Å². The predicted octanol–water partition coefficient (Wildman–Crippen LogP) is 2.72. The largest absolute Gasteiger partial charge is 0.493 e. The maximum absolute atomic E-state index is 12.9. The van der Waals surface area contributed by atoms with Crippen molar-refractivity contribution in [1.82, 2.24) is 10.2 Å². The maximum atomic E-state index is 12.9. The second-order valence-electron chi connectivity index (χ2n) is 7.71. The summed E-state index contributed by atoms with van der Waals surface area (Å²) in [4.78, 5) is 15.4. The van der Waals surface area contributed by atoms with Crippen LogP contribution in [-0.2, 0) is 4.74 Å². The molecule has 0 saturated carbocycles. The van der Waals surface area contributed by atoms with Crippen molar-refractivity contribution in [2.75, 3.05) is 53.6 Å². The zero-order chi connectivity index (χ0) is 20.6. The van der Waals surface area contributed by atoms with Crippen LogP contribution < -0.4 is 19.5 Å². The first-order chi connectivity index (χ1) is 14.2. The Labute approximate surface area is 173 Å². The van der Waals surface area contributed by atoms with E-state index in [1.54, 1.807) is 26.4 Å². The number of piperidine rings is 1. The van der Waals surface area contributed by atoms with Gasteiger partial charge in [-0.05, 0) is 38.1 Å². The minimum atomic E-state index is -0.155. The number of benzene rings is 1. The first-order valence-corrected chi connectivity index (χ1v) is 10.7. The van der Waals surface area contributed by atoms with Gasteiger partial charge >= 0.3 is 0 Å². The molecule has 0 aliphatic carbocycles. The Morgan fingerprint density at radius 2 is 2.03 bits per heavy atom. The van der Waals surface area contributed by atoms with Gasteiger partial charge in [-0.2, -0.15) is 0 Å². The van der Waals surface area contributed by atoms with Crippen molar-refractivity contribution in [3.05, 3.63) is 17.7 Å². The van der Waals surface area contributed by atoms with E-state index in [1.165, 1.54) is 12.8 Å². The van der Waals surface area contributed by atoms with Crippen LogP contribution >= 0.6 is 0 Å². The van der Waals surface area contributed by atoms with Gasteiger partial charge in [-0.1, -0.05) is 13.3 Å². The zero-order valence-corrected chi connectivity index (χ0v) is 17.9. The number of fused-ring (bicyclic) bond motifs is 1. The van der Waals surface area contributed by atoms with Gasteiger partial charge < -0.3 is 29.2 Å². The number of rotatable bonds is 8. The lowest BCUT2D eigenvalue weighted by molar-refractivity contribution is -0.0106. The molecular weight excluding hydrogens is 372 g/mol. The molecule has 2 aliphatic rings. The smallest absolute Gasteiger partial charge is 0.255 e. The van der Waals surface area contributed by atoms with Gasteiger partial charge in [-0.3, -0.25) is 4.79 Å². The van der Waals surface area contributed by atoms with Crippen LogP contribution in [-0.4, -0.2) is 70.5 Å². The molecule has 7 nitrogen and oxygen atoms in total. The van der Waals surface area contributed by atoms with Crippen LogP contribution in [0.3, 0.4) is 0 Å².